The minimum atomic E-state index is -3.90. The van der Waals surface area contributed by atoms with Gasteiger partial charge in [-0.1, -0.05) is 0 Å². The molecular weight excluding hydrogens is 436 g/mol. The summed E-state index contributed by atoms with van der Waals surface area (Å²) in [5.41, 5.74) is -0.117. The number of nitro groups is 1. The van der Waals surface area contributed by atoms with Crippen molar-refractivity contribution in [2.75, 3.05) is 19.5 Å². The normalized spacial score (nSPS) is 21.7. The zero-order valence-corrected chi connectivity index (χ0v) is 17.3. The molecule has 166 valence electrons. The lowest BCUT2D eigenvalue weighted by Gasteiger charge is -2.48. The first kappa shape index (κ1) is 22.4. The SMILES string of the molecule is CO[C@H]1C(=O)N2C(C(=O)OCc3ccc([N+](=O)[O-])cc3)=C(COC(C)=O)CS(=O)(=O)[C@H]12. The fraction of sp³-hybridized carbons (Fsp3) is 0.389. The van der Waals surface area contributed by atoms with E-state index in [1.54, 1.807) is 0 Å². The lowest BCUT2D eigenvalue weighted by atomic mass is 10.1. The summed E-state index contributed by atoms with van der Waals surface area (Å²) in [6.45, 7) is 0.321. The van der Waals surface area contributed by atoms with Crippen LogP contribution in [0.2, 0.25) is 0 Å². The van der Waals surface area contributed by atoms with E-state index in [1.807, 2.05) is 0 Å². The van der Waals surface area contributed by atoms with Gasteiger partial charge in [0, 0.05) is 31.7 Å². The van der Waals surface area contributed by atoms with Crippen molar-refractivity contribution >= 4 is 33.4 Å². The van der Waals surface area contributed by atoms with Gasteiger partial charge < -0.3 is 14.2 Å². The number of hydrogen-bond donors (Lipinski definition) is 0. The molecule has 0 radical (unpaired) electrons. The Morgan fingerprint density at radius 2 is 1.84 bits per heavy atom. The Hall–Kier alpha value is -3.32. The molecular formula is C18H18N2O10S. The van der Waals surface area contributed by atoms with Crippen molar-refractivity contribution in [2.24, 2.45) is 0 Å². The smallest absolute Gasteiger partial charge is 0.355 e. The second-order valence-electron chi connectivity index (χ2n) is 6.79. The highest BCUT2D eigenvalue weighted by Gasteiger charge is 2.60. The molecule has 2 atom stereocenters. The summed E-state index contributed by atoms with van der Waals surface area (Å²) < 4.78 is 40.2. The van der Waals surface area contributed by atoms with Crippen molar-refractivity contribution in [2.45, 2.75) is 25.0 Å². The topological polar surface area (TPSA) is 159 Å². The number of sulfone groups is 1. The van der Waals surface area contributed by atoms with Gasteiger partial charge >= 0.3 is 11.9 Å². The molecule has 12 nitrogen and oxygen atoms in total. The number of esters is 2. The van der Waals surface area contributed by atoms with Crippen molar-refractivity contribution in [3.63, 3.8) is 0 Å². The third-order valence-corrected chi connectivity index (χ3v) is 6.67. The third kappa shape index (κ3) is 4.27. The average molecular weight is 454 g/mol. The quantitative estimate of drug-likeness (QED) is 0.239. The maximum absolute atomic E-state index is 12.8. The van der Waals surface area contributed by atoms with Gasteiger partial charge in [0.05, 0.1) is 10.7 Å². The monoisotopic (exact) mass is 454 g/mol. The first-order valence-corrected chi connectivity index (χ1v) is 10.6. The number of carbonyl (C=O) groups is 3. The van der Waals surface area contributed by atoms with E-state index >= 15 is 0 Å². The number of carbonyl (C=O) groups excluding carboxylic acids is 3. The van der Waals surface area contributed by atoms with Gasteiger partial charge in [0.25, 0.3) is 11.6 Å². The van der Waals surface area contributed by atoms with Gasteiger partial charge in [0.15, 0.2) is 21.3 Å². The maximum Gasteiger partial charge on any atom is 0.355 e. The van der Waals surface area contributed by atoms with Crippen LogP contribution in [0.25, 0.3) is 0 Å². The minimum Gasteiger partial charge on any atom is -0.461 e. The van der Waals surface area contributed by atoms with Crippen LogP contribution in [0.4, 0.5) is 5.69 Å². The Morgan fingerprint density at radius 1 is 1.19 bits per heavy atom. The van der Waals surface area contributed by atoms with E-state index in [9.17, 15) is 32.9 Å². The molecule has 0 spiro atoms. The molecule has 13 heteroatoms. The number of benzene rings is 1. The van der Waals surface area contributed by atoms with Crippen LogP contribution in [0.1, 0.15) is 12.5 Å². The highest BCUT2D eigenvalue weighted by molar-refractivity contribution is 7.92. The molecule has 1 saturated heterocycles. The molecule has 1 aromatic carbocycles. The summed E-state index contributed by atoms with van der Waals surface area (Å²) in [5.74, 6) is -3.05. The predicted octanol–water partition coefficient (Wildman–Crippen LogP) is 0.0669. The lowest BCUT2D eigenvalue weighted by molar-refractivity contribution is -0.384. The Bertz CT molecular complexity index is 1080. The highest BCUT2D eigenvalue weighted by atomic mass is 32.2. The van der Waals surface area contributed by atoms with E-state index in [0.717, 1.165) is 11.8 Å². The number of methoxy groups -OCH3 is 1. The van der Waals surface area contributed by atoms with Crippen LogP contribution >= 0.6 is 0 Å². The summed E-state index contributed by atoms with van der Waals surface area (Å²) in [4.78, 5) is 47.3. The van der Waals surface area contributed by atoms with Gasteiger partial charge in [-0.05, 0) is 17.7 Å². The number of nitrogens with zero attached hydrogens (tertiary/aromatic N) is 2. The largest absolute Gasteiger partial charge is 0.461 e. The maximum atomic E-state index is 12.8. The highest BCUT2D eigenvalue weighted by Crippen LogP contribution is 2.38. The lowest BCUT2D eigenvalue weighted by Crippen LogP contribution is -2.70. The molecule has 2 aliphatic rings. The Labute approximate surface area is 176 Å². The molecule has 3 rings (SSSR count). The Balaban J connectivity index is 1.87. The van der Waals surface area contributed by atoms with Crippen LogP contribution < -0.4 is 0 Å². The van der Waals surface area contributed by atoms with Gasteiger partial charge in [-0.2, -0.15) is 0 Å². The molecule has 0 bridgehead atoms. The van der Waals surface area contributed by atoms with Crippen molar-refractivity contribution < 1.29 is 41.9 Å². The molecule has 0 aromatic heterocycles. The molecule has 1 fully saturated rings. The van der Waals surface area contributed by atoms with Gasteiger partial charge in [0.2, 0.25) is 0 Å². The molecule has 0 unspecified atom stereocenters. The second-order valence-corrected chi connectivity index (χ2v) is 8.89. The van der Waals surface area contributed by atoms with Crippen molar-refractivity contribution in [1.82, 2.24) is 4.90 Å². The number of non-ortho nitro benzene ring substituents is 1. The van der Waals surface area contributed by atoms with Crippen molar-refractivity contribution in [3.8, 4) is 0 Å². The summed E-state index contributed by atoms with van der Waals surface area (Å²) in [6.07, 6.45) is -1.25. The van der Waals surface area contributed by atoms with E-state index < -0.39 is 56.4 Å². The fourth-order valence-corrected chi connectivity index (χ4v) is 5.29. The molecule has 2 heterocycles. The molecule has 0 aliphatic carbocycles. The van der Waals surface area contributed by atoms with Gasteiger partial charge in [-0.25, -0.2) is 13.2 Å². The van der Waals surface area contributed by atoms with Crippen molar-refractivity contribution in [3.05, 3.63) is 51.2 Å². The van der Waals surface area contributed by atoms with E-state index in [1.165, 1.54) is 31.4 Å². The van der Waals surface area contributed by atoms with Crippen LogP contribution in [0.3, 0.4) is 0 Å². The van der Waals surface area contributed by atoms with Gasteiger partial charge in [-0.3, -0.25) is 24.6 Å². The second kappa shape index (κ2) is 8.43. The van der Waals surface area contributed by atoms with Crippen LogP contribution in [0, 0.1) is 10.1 Å². The summed E-state index contributed by atoms with van der Waals surface area (Å²) >= 11 is 0. The number of amides is 1. The van der Waals surface area contributed by atoms with Crippen LogP contribution in [0.5, 0.6) is 0 Å². The zero-order chi connectivity index (χ0) is 22.9. The fourth-order valence-electron chi connectivity index (χ4n) is 3.28. The number of hydrogen-bond acceptors (Lipinski definition) is 10. The summed E-state index contributed by atoms with van der Waals surface area (Å²) in [5, 5.41) is 9.34. The van der Waals surface area contributed by atoms with E-state index in [4.69, 9.17) is 14.2 Å². The molecule has 2 aliphatic heterocycles. The molecule has 0 N–H and O–H groups in total. The predicted molar refractivity (Wildman–Crippen MR) is 102 cm³/mol. The zero-order valence-electron chi connectivity index (χ0n) is 16.5. The van der Waals surface area contributed by atoms with Crippen LogP contribution in [-0.4, -0.2) is 67.0 Å². The average Bonchev–Trinajstić information content (AvgIpc) is 2.70. The first-order chi connectivity index (χ1) is 14.6. The third-order valence-electron chi connectivity index (χ3n) is 4.73. The minimum absolute atomic E-state index is 0.0944. The Morgan fingerprint density at radius 3 is 2.39 bits per heavy atom. The van der Waals surface area contributed by atoms with Gasteiger partial charge in [-0.15, -0.1) is 0 Å². The summed E-state index contributed by atoms with van der Waals surface area (Å²) in [7, 11) is -2.72. The van der Waals surface area contributed by atoms with E-state index in [0.29, 0.717) is 5.56 Å². The van der Waals surface area contributed by atoms with Crippen LogP contribution in [0.15, 0.2) is 35.5 Å². The van der Waals surface area contributed by atoms with Crippen LogP contribution in [-0.2, 0) is 45.0 Å². The molecule has 31 heavy (non-hydrogen) atoms. The number of fused-ring (bicyclic) bond motifs is 1. The number of ether oxygens (including phenoxy) is 3. The molecule has 1 amide bonds. The van der Waals surface area contributed by atoms with Crippen molar-refractivity contribution in [1.29, 1.82) is 0 Å². The van der Waals surface area contributed by atoms with Gasteiger partial charge in [0.1, 0.15) is 18.9 Å². The Kier molecular flexibility index (Phi) is 6.08. The number of β-lactam (4-membered cyclic amide) rings is 1. The first-order valence-electron chi connectivity index (χ1n) is 8.90. The van der Waals surface area contributed by atoms with E-state index in [2.05, 4.69) is 0 Å². The number of nitro benzene ring substituents is 1. The molecule has 1 aromatic rings. The standard InChI is InChI=1S/C18H18N2O10S/c1-10(21)29-8-12-9-31(26,27)17-15(28-2)16(22)19(17)14(12)18(23)30-7-11-3-5-13(6-4-11)20(24)25/h3-6,15,17H,7-9H2,1-2H3/t15-,17+/m0/s1. The number of rotatable bonds is 7. The molecule has 0 saturated carbocycles. The summed E-state index contributed by atoms with van der Waals surface area (Å²) in [6, 6.07) is 5.26. The van der Waals surface area contributed by atoms with E-state index in [-0.39, 0.29) is 23.6 Å².